The number of Topliss-reactive ketones (excluding diaryl/α,β-unsaturated/α-hetero) is 1. The summed E-state index contributed by atoms with van der Waals surface area (Å²) in [6.45, 7) is 3.25. The summed E-state index contributed by atoms with van der Waals surface area (Å²) < 4.78 is 6.64. The van der Waals surface area contributed by atoms with E-state index in [0.717, 1.165) is 5.56 Å². The number of phenolic OH excluding ortho intramolecular Hbond substituents is 1. The lowest BCUT2D eigenvalue weighted by atomic mass is 9.86. The van der Waals surface area contributed by atoms with Crippen LogP contribution in [0.5, 0.6) is 5.75 Å². The van der Waals surface area contributed by atoms with Gasteiger partial charge < -0.3 is 24.3 Å². The Morgan fingerprint density at radius 3 is 2.78 bits per heavy atom. The average molecular weight is 434 g/mol. The van der Waals surface area contributed by atoms with Crippen molar-refractivity contribution in [1.82, 2.24) is 9.55 Å². The summed E-state index contributed by atoms with van der Waals surface area (Å²) in [5.41, 5.74) is 1.41. The van der Waals surface area contributed by atoms with E-state index in [1.165, 1.54) is 6.92 Å². The summed E-state index contributed by atoms with van der Waals surface area (Å²) in [6.07, 6.45) is 0.853. The SMILES string of the molecule is CC[C@@]1(O)C(=O)OCc2c1cc1n(c2=O)Cc2cc3c(O)c(CCC(C)=O)ccc3nc2-1. The molecular formula is C24H22N2O6. The molecule has 164 valence electrons. The summed E-state index contributed by atoms with van der Waals surface area (Å²) in [6, 6.07) is 7.00. The van der Waals surface area contributed by atoms with Crippen molar-refractivity contribution >= 4 is 22.7 Å². The molecule has 1 aromatic carbocycles. The minimum Gasteiger partial charge on any atom is -0.507 e. The van der Waals surface area contributed by atoms with Crippen LogP contribution >= 0.6 is 0 Å². The number of fused-ring (bicyclic) bond motifs is 5. The Hall–Kier alpha value is -3.52. The molecule has 0 radical (unpaired) electrons. The average Bonchev–Trinajstić information content (AvgIpc) is 3.13. The lowest BCUT2D eigenvalue weighted by Gasteiger charge is -2.31. The molecule has 4 heterocycles. The molecule has 32 heavy (non-hydrogen) atoms. The summed E-state index contributed by atoms with van der Waals surface area (Å²) in [5.74, 6) is -0.629. The number of hydrogen-bond acceptors (Lipinski definition) is 7. The lowest BCUT2D eigenvalue weighted by molar-refractivity contribution is -0.172. The second-order valence-electron chi connectivity index (χ2n) is 8.44. The van der Waals surface area contributed by atoms with E-state index in [9.17, 15) is 24.6 Å². The van der Waals surface area contributed by atoms with Gasteiger partial charge in [-0.1, -0.05) is 13.0 Å². The number of aliphatic hydroxyl groups is 1. The molecule has 0 saturated heterocycles. The predicted octanol–water partition coefficient (Wildman–Crippen LogP) is 2.31. The molecule has 0 amide bonds. The summed E-state index contributed by atoms with van der Waals surface area (Å²) >= 11 is 0. The molecular weight excluding hydrogens is 412 g/mol. The number of ether oxygens (including phenoxy) is 1. The fraction of sp³-hybridized carbons (Fsp3) is 0.333. The first-order chi connectivity index (χ1) is 15.2. The van der Waals surface area contributed by atoms with Crippen LogP contribution in [0.25, 0.3) is 22.3 Å². The van der Waals surface area contributed by atoms with Gasteiger partial charge in [-0.3, -0.25) is 4.79 Å². The third kappa shape index (κ3) is 2.79. The van der Waals surface area contributed by atoms with Gasteiger partial charge in [-0.25, -0.2) is 9.78 Å². The zero-order valence-corrected chi connectivity index (χ0v) is 17.8. The number of carbonyl (C=O) groups is 2. The lowest BCUT2D eigenvalue weighted by Crippen LogP contribution is -2.44. The van der Waals surface area contributed by atoms with Crippen molar-refractivity contribution in [3.8, 4) is 17.1 Å². The second-order valence-corrected chi connectivity index (χ2v) is 8.44. The Labute approximate surface area is 183 Å². The highest BCUT2D eigenvalue weighted by Crippen LogP contribution is 2.40. The van der Waals surface area contributed by atoms with Crippen molar-refractivity contribution in [1.29, 1.82) is 0 Å². The second kappa shape index (κ2) is 7.00. The van der Waals surface area contributed by atoms with Crippen LogP contribution in [0.3, 0.4) is 0 Å². The topological polar surface area (TPSA) is 119 Å². The van der Waals surface area contributed by atoms with Gasteiger partial charge in [0, 0.05) is 22.9 Å². The normalized spacial score (nSPS) is 18.8. The number of benzene rings is 1. The van der Waals surface area contributed by atoms with E-state index in [4.69, 9.17) is 9.72 Å². The number of nitrogens with zero attached hydrogens (tertiary/aromatic N) is 2. The standard InChI is InChI=1S/C24H22N2O6/c1-3-24(31)17-9-19-20-14(10-26(19)22(29)16(17)11-32-23(24)30)8-15-18(25-20)7-6-13(21(15)28)5-4-12(2)27/h6-9,28,31H,3-5,10-11H2,1-2H3/t24-/m0/s1. The molecule has 0 fully saturated rings. The van der Waals surface area contributed by atoms with E-state index in [-0.39, 0.29) is 47.8 Å². The molecule has 0 bridgehead atoms. The number of phenols is 1. The maximum absolute atomic E-state index is 13.2. The number of aryl methyl sites for hydroxylation is 1. The first-order valence-electron chi connectivity index (χ1n) is 10.6. The highest BCUT2D eigenvalue weighted by Gasteiger charge is 2.45. The predicted molar refractivity (Wildman–Crippen MR) is 115 cm³/mol. The Morgan fingerprint density at radius 2 is 2.06 bits per heavy atom. The van der Waals surface area contributed by atoms with E-state index in [1.807, 2.05) is 6.07 Å². The smallest absolute Gasteiger partial charge is 0.343 e. The molecule has 0 spiro atoms. The van der Waals surface area contributed by atoms with Crippen molar-refractivity contribution in [3.63, 3.8) is 0 Å². The van der Waals surface area contributed by atoms with Crippen LogP contribution in [-0.4, -0.2) is 31.5 Å². The zero-order chi connectivity index (χ0) is 22.8. The highest BCUT2D eigenvalue weighted by molar-refractivity contribution is 5.90. The molecule has 2 N–H and O–H groups in total. The highest BCUT2D eigenvalue weighted by atomic mass is 16.6. The maximum atomic E-state index is 13.2. The Kier molecular flexibility index (Phi) is 4.46. The Balaban J connectivity index is 1.67. The van der Waals surface area contributed by atoms with Crippen LogP contribution < -0.4 is 5.56 Å². The van der Waals surface area contributed by atoms with Crippen LogP contribution in [-0.2, 0) is 39.5 Å². The number of ketones is 1. The Morgan fingerprint density at radius 1 is 1.28 bits per heavy atom. The van der Waals surface area contributed by atoms with Crippen molar-refractivity contribution in [2.45, 2.75) is 51.9 Å². The zero-order valence-electron chi connectivity index (χ0n) is 17.8. The number of aromatic hydroxyl groups is 1. The van der Waals surface area contributed by atoms with E-state index in [1.54, 1.807) is 29.7 Å². The van der Waals surface area contributed by atoms with Gasteiger partial charge in [-0.15, -0.1) is 0 Å². The molecule has 0 unspecified atom stereocenters. The van der Waals surface area contributed by atoms with E-state index in [2.05, 4.69) is 0 Å². The number of aromatic nitrogens is 2. The molecule has 8 heteroatoms. The first kappa shape index (κ1) is 20.4. The third-order valence-corrected chi connectivity index (χ3v) is 6.49. The first-order valence-corrected chi connectivity index (χ1v) is 10.6. The fourth-order valence-electron chi connectivity index (χ4n) is 4.60. The van der Waals surface area contributed by atoms with Gasteiger partial charge in [0.05, 0.1) is 29.0 Å². The molecule has 2 aliphatic heterocycles. The summed E-state index contributed by atoms with van der Waals surface area (Å²) in [4.78, 5) is 41.5. The van der Waals surface area contributed by atoms with Gasteiger partial charge in [0.15, 0.2) is 5.60 Å². The van der Waals surface area contributed by atoms with Crippen LogP contribution in [0, 0.1) is 0 Å². The van der Waals surface area contributed by atoms with Crippen molar-refractivity contribution in [2.24, 2.45) is 0 Å². The van der Waals surface area contributed by atoms with Gasteiger partial charge in [0.2, 0.25) is 0 Å². The molecule has 0 saturated carbocycles. The van der Waals surface area contributed by atoms with Gasteiger partial charge in [0.1, 0.15) is 18.1 Å². The number of esters is 1. The number of pyridine rings is 2. The van der Waals surface area contributed by atoms with Crippen LogP contribution in [0.4, 0.5) is 0 Å². The molecule has 3 aromatic rings. The minimum absolute atomic E-state index is 0.0462. The largest absolute Gasteiger partial charge is 0.507 e. The number of hydrogen-bond donors (Lipinski definition) is 2. The monoisotopic (exact) mass is 434 g/mol. The molecule has 1 atom stereocenters. The molecule has 2 aliphatic rings. The molecule has 0 aliphatic carbocycles. The fourth-order valence-corrected chi connectivity index (χ4v) is 4.60. The molecule has 2 aromatic heterocycles. The molecule has 5 rings (SSSR count). The van der Waals surface area contributed by atoms with Crippen molar-refractivity contribution in [3.05, 3.63) is 56.9 Å². The van der Waals surface area contributed by atoms with Crippen LogP contribution in [0.2, 0.25) is 0 Å². The van der Waals surface area contributed by atoms with E-state index < -0.39 is 11.6 Å². The minimum atomic E-state index is -1.87. The summed E-state index contributed by atoms with van der Waals surface area (Å²) in [5, 5.41) is 22.2. The number of cyclic esters (lactones) is 1. The third-order valence-electron chi connectivity index (χ3n) is 6.49. The number of rotatable bonds is 4. The van der Waals surface area contributed by atoms with Gasteiger partial charge >= 0.3 is 5.97 Å². The van der Waals surface area contributed by atoms with Gasteiger partial charge in [-0.2, -0.15) is 0 Å². The summed E-state index contributed by atoms with van der Waals surface area (Å²) in [7, 11) is 0. The quantitative estimate of drug-likeness (QED) is 0.473. The van der Waals surface area contributed by atoms with Crippen LogP contribution in [0.1, 0.15) is 48.9 Å². The van der Waals surface area contributed by atoms with Crippen molar-refractivity contribution < 1.29 is 24.5 Å². The van der Waals surface area contributed by atoms with Crippen molar-refractivity contribution in [2.75, 3.05) is 0 Å². The maximum Gasteiger partial charge on any atom is 0.343 e. The van der Waals surface area contributed by atoms with Gasteiger partial charge in [-0.05, 0) is 43.5 Å². The van der Waals surface area contributed by atoms with E-state index >= 15 is 0 Å². The Bertz CT molecular complexity index is 1390. The number of carbonyl (C=O) groups excluding carboxylic acids is 2. The van der Waals surface area contributed by atoms with Gasteiger partial charge in [0.25, 0.3) is 5.56 Å². The molecule has 8 nitrogen and oxygen atoms in total. The van der Waals surface area contributed by atoms with E-state index in [0.29, 0.717) is 40.7 Å². The van der Waals surface area contributed by atoms with Crippen LogP contribution in [0.15, 0.2) is 29.1 Å².